The van der Waals surface area contributed by atoms with Crippen molar-refractivity contribution < 1.29 is 39.2 Å². The number of phenolic OH excluding ortho intramolecular Hbond substituents is 1. The molecule has 1 saturated heterocycles. The SMILES string of the molecule is CC1CCN(Cc2ccoc2-c2ccc(O)c3c2C[C@H]2C[C@H]4[C@H](N(C)C)C(O)=C(C(N)=O)C(=O)[C@@]4(O)C(O)=C2C3=O)CC1. The van der Waals surface area contributed by atoms with Crippen LogP contribution in [0.15, 0.2) is 51.5 Å². The largest absolute Gasteiger partial charge is 0.510 e. The molecule has 1 aliphatic heterocycles. The van der Waals surface area contributed by atoms with Gasteiger partial charge in [-0.3, -0.25) is 24.2 Å². The lowest BCUT2D eigenvalue weighted by molar-refractivity contribution is -0.148. The molecule has 2 aromatic rings. The van der Waals surface area contributed by atoms with E-state index in [4.69, 9.17) is 10.2 Å². The van der Waals surface area contributed by atoms with E-state index in [2.05, 4.69) is 11.8 Å². The zero-order valence-electron chi connectivity index (χ0n) is 24.5. The van der Waals surface area contributed by atoms with Crippen LogP contribution in [0.2, 0.25) is 0 Å². The molecule has 43 heavy (non-hydrogen) atoms. The summed E-state index contributed by atoms with van der Waals surface area (Å²) in [6.45, 7) is 4.88. The summed E-state index contributed by atoms with van der Waals surface area (Å²) in [5.74, 6) is -5.46. The molecule has 2 heterocycles. The van der Waals surface area contributed by atoms with E-state index in [0.717, 1.165) is 31.5 Å². The molecule has 6 rings (SSSR count). The van der Waals surface area contributed by atoms with Crippen LogP contribution in [0, 0.1) is 17.8 Å². The highest BCUT2D eigenvalue weighted by Crippen LogP contribution is 2.53. The Morgan fingerprint density at radius 1 is 1.14 bits per heavy atom. The van der Waals surface area contributed by atoms with Crippen LogP contribution in [0.25, 0.3) is 11.3 Å². The quantitative estimate of drug-likeness (QED) is 0.325. The van der Waals surface area contributed by atoms with Crippen molar-refractivity contribution in [2.75, 3.05) is 27.2 Å². The van der Waals surface area contributed by atoms with E-state index in [9.17, 15) is 34.8 Å². The van der Waals surface area contributed by atoms with Crippen LogP contribution >= 0.6 is 0 Å². The van der Waals surface area contributed by atoms with Gasteiger partial charge in [0.05, 0.1) is 17.9 Å². The number of carbonyl (C=O) groups is 3. The minimum absolute atomic E-state index is 0.0256. The fourth-order valence-corrected chi connectivity index (χ4v) is 7.62. The second kappa shape index (κ2) is 10.4. The maximum absolute atomic E-state index is 14.1. The molecule has 0 bridgehead atoms. The third kappa shape index (κ3) is 4.32. The number of Topliss-reactive ketones (excluding diaryl/α,β-unsaturated/α-hetero) is 2. The van der Waals surface area contributed by atoms with Gasteiger partial charge in [-0.25, -0.2) is 0 Å². The summed E-state index contributed by atoms with van der Waals surface area (Å²) in [6.07, 6.45) is 4.07. The Balaban J connectivity index is 1.45. The average molecular weight is 592 g/mol. The predicted molar refractivity (Wildman–Crippen MR) is 155 cm³/mol. The lowest BCUT2D eigenvalue weighted by Crippen LogP contribution is -2.63. The fourth-order valence-electron chi connectivity index (χ4n) is 7.62. The zero-order valence-corrected chi connectivity index (χ0v) is 24.5. The van der Waals surface area contributed by atoms with E-state index in [1.165, 1.54) is 11.0 Å². The molecular formula is C32H37N3O8. The summed E-state index contributed by atoms with van der Waals surface area (Å²) < 4.78 is 5.97. The van der Waals surface area contributed by atoms with Crippen molar-refractivity contribution in [2.24, 2.45) is 23.5 Å². The van der Waals surface area contributed by atoms with Gasteiger partial charge in [-0.15, -0.1) is 0 Å². The fraction of sp³-hybridized carbons (Fsp3) is 0.469. The highest BCUT2D eigenvalue weighted by Gasteiger charge is 2.63. The minimum Gasteiger partial charge on any atom is -0.510 e. The molecule has 4 aliphatic rings. The number of amides is 1. The number of nitrogens with zero attached hydrogens (tertiary/aromatic N) is 2. The van der Waals surface area contributed by atoms with Gasteiger partial charge in [0.2, 0.25) is 5.78 Å². The second-order valence-electron chi connectivity index (χ2n) is 12.7. The number of allylic oxidation sites excluding steroid dienone is 1. The Labute approximate surface area is 248 Å². The number of aliphatic hydroxyl groups excluding tert-OH is 2. The molecule has 6 N–H and O–H groups in total. The lowest BCUT2D eigenvalue weighted by Gasteiger charge is -2.50. The van der Waals surface area contributed by atoms with Gasteiger partial charge < -0.3 is 30.6 Å². The molecule has 1 fully saturated rings. The van der Waals surface area contributed by atoms with Crippen molar-refractivity contribution in [3.05, 3.63) is 63.8 Å². The molecule has 0 spiro atoms. The van der Waals surface area contributed by atoms with E-state index >= 15 is 0 Å². The summed E-state index contributed by atoms with van der Waals surface area (Å²) >= 11 is 0. The molecule has 0 unspecified atom stereocenters. The summed E-state index contributed by atoms with van der Waals surface area (Å²) in [6, 6.07) is 3.99. The highest BCUT2D eigenvalue weighted by atomic mass is 16.3. The first kappa shape index (κ1) is 29.2. The summed E-state index contributed by atoms with van der Waals surface area (Å²) in [5.41, 5.74) is 3.83. The first-order chi connectivity index (χ1) is 20.4. The number of carbonyl (C=O) groups excluding carboxylic acids is 3. The van der Waals surface area contributed by atoms with Gasteiger partial charge in [0.25, 0.3) is 5.91 Å². The molecule has 0 saturated carbocycles. The average Bonchev–Trinajstić information content (AvgIpc) is 3.39. The van der Waals surface area contributed by atoms with Crippen LogP contribution < -0.4 is 5.73 Å². The standard InChI is InChI=1S/C32H37N3O8/c1-15-6-9-35(10-7-15)14-16-8-11-43-28(16)18-4-5-21(36)23-19(18)12-17-13-20-25(34(2)3)27(38)24(31(33)41)30(40)32(20,42)29(39)22(17)26(23)37/h4-5,8,11,15,17,20,25,36,38-39,42H,6-7,9-10,12-14H2,1-3H3,(H2,33,41)/t17-,20-,25-,32-/m0/s1. The molecule has 1 amide bonds. The van der Waals surface area contributed by atoms with Crippen LogP contribution in [0.4, 0.5) is 0 Å². The number of ketones is 2. The molecule has 3 aliphatic carbocycles. The third-order valence-electron chi connectivity index (χ3n) is 9.87. The number of aliphatic hydroxyl groups is 3. The van der Waals surface area contributed by atoms with Crippen molar-refractivity contribution in [1.29, 1.82) is 0 Å². The van der Waals surface area contributed by atoms with E-state index in [0.29, 0.717) is 29.3 Å². The number of phenols is 1. The van der Waals surface area contributed by atoms with Gasteiger partial charge in [0.1, 0.15) is 28.6 Å². The Bertz CT molecular complexity index is 1600. The first-order valence-corrected chi connectivity index (χ1v) is 14.6. The molecule has 4 atom stereocenters. The van der Waals surface area contributed by atoms with Crippen LogP contribution in [0.3, 0.4) is 0 Å². The molecular weight excluding hydrogens is 554 g/mol. The topological polar surface area (TPSA) is 178 Å². The number of benzene rings is 1. The number of nitrogens with two attached hydrogens (primary N) is 1. The maximum atomic E-state index is 14.1. The second-order valence-corrected chi connectivity index (χ2v) is 12.7. The number of likely N-dealkylation sites (tertiary alicyclic amines) is 1. The summed E-state index contributed by atoms with van der Waals surface area (Å²) in [4.78, 5) is 43.6. The van der Waals surface area contributed by atoms with E-state index < -0.39 is 58.0 Å². The van der Waals surface area contributed by atoms with Gasteiger partial charge in [-0.1, -0.05) is 6.92 Å². The molecule has 11 heteroatoms. The number of hydrogen-bond donors (Lipinski definition) is 5. The molecule has 1 aromatic heterocycles. The van der Waals surface area contributed by atoms with Crippen molar-refractivity contribution in [3.8, 4) is 17.1 Å². The van der Waals surface area contributed by atoms with Gasteiger partial charge >= 0.3 is 0 Å². The van der Waals surface area contributed by atoms with Crippen molar-refractivity contribution in [3.63, 3.8) is 0 Å². The monoisotopic (exact) mass is 591 g/mol. The van der Waals surface area contributed by atoms with Crippen LogP contribution in [-0.4, -0.2) is 86.5 Å². The molecule has 228 valence electrons. The van der Waals surface area contributed by atoms with Crippen molar-refractivity contribution in [1.82, 2.24) is 9.80 Å². The molecule has 1 aromatic carbocycles. The molecule has 11 nitrogen and oxygen atoms in total. The number of hydrogen-bond acceptors (Lipinski definition) is 10. The zero-order chi connectivity index (χ0) is 31.0. The maximum Gasteiger partial charge on any atom is 0.255 e. The van der Waals surface area contributed by atoms with Crippen LogP contribution in [0.5, 0.6) is 5.75 Å². The Morgan fingerprint density at radius 3 is 2.49 bits per heavy atom. The van der Waals surface area contributed by atoms with Crippen molar-refractivity contribution >= 4 is 17.5 Å². The summed E-state index contributed by atoms with van der Waals surface area (Å²) in [5, 5.41) is 45.2. The van der Waals surface area contributed by atoms with Gasteiger partial charge in [-0.2, -0.15) is 0 Å². The number of furan rings is 1. The van der Waals surface area contributed by atoms with Gasteiger partial charge in [0.15, 0.2) is 11.4 Å². The normalized spacial score (nSPS) is 28.3. The van der Waals surface area contributed by atoms with Crippen molar-refractivity contribution in [2.45, 2.75) is 50.8 Å². The number of piperidine rings is 1. The van der Waals surface area contributed by atoms with Crippen LogP contribution in [-0.2, 0) is 22.6 Å². The molecule has 0 radical (unpaired) electrons. The number of primary amides is 1. The Kier molecular flexibility index (Phi) is 7.02. The smallest absolute Gasteiger partial charge is 0.255 e. The predicted octanol–water partition coefficient (Wildman–Crippen LogP) is 2.61. The summed E-state index contributed by atoms with van der Waals surface area (Å²) in [7, 11) is 3.20. The number of rotatable bonds is 5. The Hall–Kier alpha value is -3.93. The van der Waals surface area contributed by atoms with E-state index in [-0.39, 0.29) is 29.7 Å². The number of fused-ring (bicyclic) bond motifs is 3. The van der Waals surface area contributed by atoms with Crippen LogP contribution in [0.1, 0.15) is 47.7 Å². The van der Waals surface area contributed by atoms with E-state index in [1.807, 2.05) is 6.07 Å². The Morgan fingerprint density at radius 2 is 1.84 bits per heavy atom. The number of likely N-dealkylation sites (N-methyl/N-ethyl adjacent to an activating group) is 1. The highest BCUT2D eigenvalue weighted by molar-refractivity contribution is 6.24. The van der Waals surface area contributed by atoms with Gasteiger partial charge in [0, 0.05) is 29.2 Å². The van der Waals surface area contributed by atoms with E-state index in [1.54, 1.807) is 26.4 Å². The minimum atomic E-state index is -2.67. The number of aromatic hydroxyl groups is 1. The third-order valence-corrected chi connectivity index (χ3v) is 9.87. The lowest BCUT2D eigenvalue weighted by atomic mass is 9.58. The first-order valence-electron chi connectivity index (χ1n) is 14.6. The van der Waals surface area contributed by atoms with Gasteiger partial charge in [-0.05, 0) is 88.5 Å².